The zero-order valence-corrected chi connectivity index (χ0v) is 16.9. The van der Waals surface area contributed by atoms with Crippen LogP contribution in [0, 0.1) is 10.8 Å². The van der Waals surface area contributed by atoms with Crippen LogP contribution in [0.4, 0.5) is 4.79 Å². The molecule has 0 saturated carbocycles. The lowest BCUT2D eigenvalue weighted by Crippen LogP contribution is -2.40. The number of rotatable bonds is 3. The lowest BCUT2D eigenvalue weighted by atomic mass is 10.3. The van der Waals surface area contributed by atoms with Crippen LogP contribution < -0.4 is 10.4 Å². The van der Waals surface area contributed by atoms with Crippen LogP contribution in [0.15, 0.2) is 15.1 Å². The van der Waals surface area contributed by atoms with Gasteiger partial charge in [0, 0.05) is 32.8 Å². The third-order valence-electron chi connectivity index (χ3n) is 2.52. The number of aryl methyl sites for hydroxylation is 1. The van der Waals surface area contributed by atoms with Gasteiger partial charge in [-0.1, -0.05) is 0 Å². The number of aromatic nitrogens is 3. The van der Waals surface area contributed by atoms with E-state index in [2.05, 4.69) is 5.10 Å². The van der Waals surface area contributed by atoms with E-state index in [1.807, 2.05) is 0 Å². The Morgan fingerprint density at radius 2 is 2.04 bits per heavy atom. The Morgan fingerprint density at radius 1 is 1.43 bits per heavy atom. The highest BCUT2D eigenvalue weighted by Crippen LogP contribution is 2.26. The predicted octanol–water partition coefficient (Wildman–Crippen LogP) is 0.862. The molecular formula is C9H6I2N4O6S2. The summed E-state index contributed by atoms with van der Waals surface area (Å²) in [6.45, 7) is 1.41. The molecule has 10 nitrogen and oxygen atoms in total. The molecule has 0 fully saturated rings. The molecule has 0 bridgehead atoms. The summed E-state index contributed by atoms with van der Waals surface area (Å²) in [4.78, 5) is 34.5. The molecule has 0 atom stereocenters. The molecule has 2 aromatic rings. The van der Waals surface area contributed by atoms with E-state index >= 15 is 0 Å². The summed E-state index contributed by atoms with van der Waals surface area (Å²) < 4.78 is 27.7. The Labute approximate surface area is 160 Å². The van der Waals surface area contributed by atoms with Gasteiger partial charge < -0.3 is 5.11 Å². The molecule has 0 aliphatic rings. The van der Waals surface area contributed by atoms with Crippen molar-refractivity contribution in [2.24, 2.45) is 0 Å². The third-order valence-corrected chi connectivity index (χ3v) is 7.56. The molecule has 2 aromatic heterocycles. The molecule has 124 valence electrons. The van der Waals surface area contributed by atoms with Crippen molar-refractivity contribution in [3.63, 3.8) is 0 Å². The fourth-order valence-corrected chi connectivity index (χ4v) is 4.83. The van der Waals surface area contributed by atoms with Gasteiger partial charge in [-0.05, 0) is 6.92 Å². The number of thiophene rings is 1. The van der Waals surface area contributed by atoms with Crippen LogP contribution in [0.2, 0.25) is 0 Å². The van der Waals surface area contributed by atoms with Gasteiger partial charge in [0.2, 0.25) is 3.83 Å². The van der Waals surface area contributed by atoms with E-state index in [1.54, 1.807) is 50.2 Å². The highest BCUT2D eigenvalue weighted by atomic mass is 127. The lowest BCUT2D eigenvalue weighted by molar-refractivity contribution is 0.0693. The molecule has 0 radical (unpaired) electrons. The molecule has 2 rings (SSSR count). The van der Waals surface area contributed by atoms with E-state index < -0.39 is 38.2 Å². The Balaban J connectivity index is 2.45. The lowest BCUT2D eigenvalue weighted by Gasteiger charge is -2.06. The van der Waals surface area contributed by atoms with Gasteiger partial charge in [0.15, 0.2) is 0 Å². The third kappa shape index (κ3) is 3.43. The maximum Gasteiger partial charge on any atom is 0.364 e. The number of hydrogen-bond donors (Lipinski definition) is 2. The molecule has 23 heavy (non-hydrogen) atoms. The second kappa shape index (κ2) is 6.48. The number of hydrogen-bond acceptors (Lipinski definition) is 7. The fraction of sp³-hybridized carbons (Fsp3) is 0.111. The Bertz CT molecular complexity index is 973. The first-order valence-electron chi connectivity index (χ1n) is 5.48. The largest absolute Gasteiger partial charge is 0.478 e. The van der Waals surface area contributed by atoms with Crippen LogP contribution >= 0.6 is 56.8 Å². The zero-order chi connectivity index (χ0) is 17.5. The van der Waals surface area contributed by atoms with E-state index in [9.17, 15) is 22.8 Å². The molecular weight excluding hydrogens is 578 g/mol. The summed E-state index contributed by atoms with van der Waals surface area (Å²) >= 11 is 4.20. The number of carboxylic acid groups (broad SMARTS) is 1. The number of nitrogens with zero attached hydrogens (tertiary/aromatic N) is 3. The van der Waals surface area contributed by atoms with Crippen LogP contribution in [0.5, 0.6) is 0 Å². The first-order chi connectivity index (χ1) is 10.6. The summed E-state index contributed by atoms with van der Waals surface area (Å²) in [5.74, 6) is -1.44. The van der Waals surface area contributed by atoms with Gasteiger partial charge in [-0.2, -0.15) is 0 Å². The molecule has 0 spiro atoms. The van der Waals surface area contributed by atoms with Crippen LogP contribution in [0.3, 0.4) is 0 Å². The summed E-state index contributed by atoms with van der Waals surface area (Å²) in [5, 5.41) is 13.8. The van der Waals surface area contributed by atoms with Crippen molar-refractivity contribution in [2.75, 3.05) is 0 Å². The van der Waals surface area contributed by atoms with Crippen LogP contribution in [-0.2, 0) is 10.0 Å². The molecule has 0 saturated heterocycles. The zero-order valence-electron chi connectivity index (χ0n) is 11.0. The quantitative estimate of drug-likeness (QED) is 0.511. The molecule has 0 aromatic carbocycles. The van der Waals surface area contributed by atoms with E-state index in [0.29, 0.717) is 4.68 Å². The van der Waals surface area contributed by atoms with Gasteiger partial charge in [-0.3, -0.25) is 0 Å². The first kappa shape index (κ1) is 18.3. The van der Waals surface area contributed by atoms with Crippen molar-refractivity contribution in [3.05, 3.63) is 30.1 Å². The van der Waals surface area contributed by atoms with Crippen molar-refractivity contribution < 1.29 is 23.1 Å². The Morgan fingerprint density at radius 3 is 2.52 bits per heavy atom. The maximum absolute atomic E-state index is 12.3. The Hall–Kier alpha value is -1.01. The van der Waals surface area contributed by atoms with Gasteiger partial charge >= 0.3 is 17.7 Å². The number of carbonyl (C=O) groups excluding carboxylic acids is 1. The minimum atomic E-state index is -4.47. The highest BCUT2D eigenvalue weighted by Gasteiger charge is 2.29. The minimum Gasteiger partial charge on any atom is -0.478 e. The van der Waals surface area contributed by atoms with Crippen molar-refractivity contribution in [3.8, 4) is 0 Å². The molecule has 2 N–H and O–H groups in total. The van der Waals surface area contributed by atoms with E-state index in [-0.39, 0.29) is 8.71 Å². The minimum absolute atomic E-state index is 0.165. The summed E-state index contributed by atoms with van der Waals surface area (Å²) in [5.41, 5.74) is -1.29. The topological polar surface area (TPSA) is 140 Å². The van der Waals surface area contributed by atoms with E-state index in [1.165, 1.54) is 6.92 Å². The average molecular weight is 584 g/mol. The molecule has 0 aliphatic carbocycles. The van der Waals surface area contributed by atoms with Crippen molar-refractivity contribution >= 4 is 78.8 Å². The van der Waals surface area contributed by atoms with Gasteiger partial charge in [0.05, 0.1) is 28.4 Å². The van der Waals surface area contributed by atoms with Gasteiger partial charge in [0.1, 0.15) is 4.90 Å². The van der Waals surface area contributed by atoms with Gasteiger partial charge in [-0.15, -0.1) is 21.1 Å². The number of amides is 1. The maximum atomic E-state index is 12.3. The van der Waals surface area contributed by atoms with Gasteiger partial charge in [0.25, 0.3) is 10.0 Å². The predicted molar refractivity (Wildman–Crippen MR) is 95.8 cm³/mol. The van der Waals surface area contributed by atoms with Crippen LogP contribution in [-0.4, -0.2) is 38.1 Å². The summed E-state index contributed by atoms with van der Waals surface area (Å²) in [6.07, 6.45) is 0. The smallest absolute Gasteiger partial charge is 0.364 e. The summed E-state index contributed by atoms with van der Waals surface area (Å²) in [6, 6.07) is -1.30. The summed E-state index contributed by atoms with van der Waals surface area (Å²) in [7, 11) is -4.47. The van der Waals surface area contributed by atoms with Crippen molar-refractivity contribution in [1.82, 2.24) is 17.3 Å². The molecule has 2 heterocycles. The number of carboxylic acids is 1. The standard InChI is InChI=1S/C9H6I2N4O6S2/c1-3-5(4(2-22-3)6(16)17)23(20,21)13-8(18)15-9(19)14(11)7(10)12-15/h2H,1H3,(H,13,18)(H,16,17). The molecule has 0 aliphatic heterocycles. The van der Waals surface area contributed by atoms with Crippen LogP contribution in [0.1, 0.15) is 15.2 Å². The number of sulfonamides is 1. The molecule has 1 amide bonds. The second-order valence-corrected chi connectivity index (χ2v) is 8.63. The monoisotopic (exact) mass is 584 g/mol. The van der Waals surface area contributed by atoms with Crippen LogP contribution in [0.25, 0.3) is 0 Å². The van der Waals surface area contributed by atoms with Crippen molar-refractivity contribution in [1.29, 1.82) is 0 Å². The van der Waals surface area contributed by atoms with Gasteiger partial charge in [-0.25, -0.2) is 30.3 Å². The fourth-order valence-electron chi connectivity index (χ4n) is 1.59. The van der Waals surface area contributed by atoms with E-state index in [4.69, 9.17) is 5.11 Å². The second-order valence-electron chi connectivity index (χ2n) is 3.99. The average Bonchev–Trinajstić information content (AvgIpc) is 2.95. The first-order valence-corrected chi connectivity index (χ1v) is 9.89. The Kier molecular flexibility index (Phi) is 5.16. The molecule has 0 unspecified atom stereocenters. The number of aromatic carboxylic acids is 1. The normalized spacial score (nSPS) is 11.4. The molecule has 14 heteroatoms. The highest BCUT2D eigenvalue weighted by molar-refractivity contribution is 14.1. The number of halogens is 2. The van der Waals surface area contributed by atoms with E-state index in [0.717, 1.165) is 19.5 Å². The SMILES string of the molecule is Cc1scc(C(=O)O)c1S(=O)(=O)NC(=O)n1nc(I)n(I)c1=O. The number of nitrogens with one attached hydrogen (secondary N) is 1. The van der Waals surface area contributed by atoms with Crippen molar-refractivity contribution in [2.45, 2.75) is 11.8 Å². The number of carbonyl (C=O) groups is 2.